The highest BCUT2D eigenvalue weighted by Crippen LogP contribution is 2.23. The molecule has 0 aromatic carbocycles. The molecule has 0 aliphatic heterocycles. The molecule has 0 saturated carbocycles. The number of hydrogen-bond donors (Lipinski definition) is 1. The van der Waals surface area contributed by atoms with Crippen LogP contribution >= 0.6 is 0 Å². The SMILES string of the molecule is CCCCCCCC[C@@H]1C=C[C@@H](O)C1. The second-order valence-electron chi connectivity index (χ2n) is 4.50. The van der Waals surface area contributed by atoms with Crippen LogP contribution < -0.4 is 0 Å². The summed E-state index contributed by atoms with van der Waals surface area (Å²) in [7, 11) is 0. The molecule has 0 aromatic heterocycles. The summed E-state index contributed by atoms with van der Waals surface area (Å²) in [6.07, 6.45) is 14.5. The minimum atomic E-state index is -0.153. The molecule has 0 saturated heterocycles. The third kappa shape index (κ3) is 4.80. The highest BCUT2D eigenvalue weighted by atomic mass is 16.3. The van der Waals surface area contributed by atoms with Gasteiger partial charge in [-0.05, 0) is 18.8 Å². The second kappa shape index (κ2) is 7.05. The van der Waals surface area contributed by atoms with Gasteiger partial charge in [-0.1, -0.05) is 57.6 Å². The van der Waals surface area contributed by atoms with Gasteiger partial charge in [0.1, 0.15) is 0 Å². The lowest BCUT2D eigenvalue weighted by Crippen LogP contribution is -2.01. The maximum absolute atomic E-state index is 9.29. The van der Waals surface area contributed by atoms with Gasteiger partial charge in [0.2, 0.25) is 0 Å². The molecule has 0 fully saturated rings. The first-order valence-electron chi connectivity index (χ1n) is 6.19. The van der Waals surface area contributed by atoms with Crippen LogP contribution in [0.5, 0.6) is 0 Å². The summed E-state index contributed by atoms with van der Waals surface area (Å²) in [4.78, 5) is 0. The largest absolute Gasteiger partial charge is 0.389 e. The molecule has 0 aromatic rings. The van der Waals surface area contributed by atoms with Gasteiger partial charge in [-0.3, -0.25) is 0 Å². The Hall–Kier alpha value is -0.300. The van der Waals surface area contributed by atoms with Crippen molar-refractivity contribution >= 4 is 0 Å². The smallest absolute Gasteiger partial charge is 0.0726 e. The Labute approximate surface area is 88.2 Å². The molecule has 1 aliphatic carbocycles. The van der Waals surface area contributed by atoms with Crippen molar-refractivity contribution in [3.05, 3.63) is 12.2 Å². The molecule has 0 spiro atoms. The Balaban J connectivity index is 1.87. The van der Waals surface area contributed by atoms with E-state index >= 15 is 0 Å². The van der Waals surface area contributed by atoms with E-state index in [1.165, 1.54) is 44.9 Å². The maximum Gasteiger partial charge on any atom is 0.0726 e. The van der Waals surface area contributed by atoms with Crippen molar-refractivity contribution in [2.24, 2.45) is 5.92 Å². The summed E-state index contributed by atoms with van der Waals surface area (Å²) < 4.78 is 0. The summed E-state index contributed by atoms with van der Waals surface area (Å²) in [5.74, 6) is 0.663. The van der Waals surface area contributed by atoms with E-state index in [1.54, 1.807) is 0 Å². The summed E-state index contributed by atoms with van der Waals surface area (Å²) >= 11 is 0. The van der Waals surface area contributed by atoms with Crippen LogP contribution in [0.2, 0.25) is 0 Å². The molecule has 14 heavy (non-hydrogen) atoms. The molecule has 0 radical (unpaired) electrons. The molecule has 1 aliphatic rings. The zero-order valence-electron chi connectivity index (χ0n) is 9.41. The molecule has 82 valence electrons. The van der Waals surface area contributed by atoms with Crippen LogP contribution in [-0.2, 0) is 0 Å². The fourth-order valence-corrected chi connectivity index (χ4v) is 2.15. The predicted octanol–water partition coefficient (Wildman–Crippen LogP) is 3.67. The van der Waals surface area contributed by atoms with Crippen LogP contribution in [0.1, 0.15) is 58.3 Å². The van der Waals surface area contributed by atoms with Crippen LogP contribution in [0.3, 0.4) is 0 Å². The van der Waals surface area contributed by atoms with Crippen molar-refractivity contribution in [1.82, 2.24) is 0 Å². The zero-order valence-corrected chi connectivity index (χ0v) is 9.41. The number of rotatable bonds is 7. The fourth-order valence-electron chi connectivity index (χ4n) is 2.15. The van der Waals surface area contributed by atoms with Gasteiger partial charge in [0, 0.05) is 0 Å². The van der Waals surface area contributed by atoms with Crippen molar-refractivity contribution < 1.29 is 5.11 Å². The normalized spacial score (nSPS) is 25.9. The third-order valence-corrected chi connectivity index (χ3v) is 3.08. The van der Waals surface area contributed by atoms with Crippen molar-refractivity contribution in [3.63, 3.8) is 0 Å². The second-order valence-corrected chi connectivity index (χ2v) is 4.50. The number of aliphatic hydroxyl groups excluding tert-OH is 1. The van der Waals surface area contributed by atoms with Crippen LogP contribution in [0.25, 0.3) is 0 Å². The molecule has 0 heterocycles. The maximum atomic E-state index is 9.29. The van der Waals surface area contributed by atoms with Gasteiger partial charge < -0.3 is 5.11 Å². The average Bonchev–Trinajstić information content (AvgIpc) is 2.58. The Morgan fingerprint density at radius 2 is 1.79 bits per heavy atom. The lowest BCUT2D eigenvalue weighted by Gasteiger charge is -2.07. The number of unbranched alkanes of at least 4 members (excludes halogenated alkanes) is 5. The highest BCUT2D eigenvalue weighted by Gasteiger charge is 2.15. The van der Waals surface area contributed by atoms with Crippen molar-refractivity contribution in [1.29, 1.82) is 0 Å². The van der Waals surface area contributed by atoms with E-state index in [4.69, 9.17) is 0 Å². The molecular formula is C13H24O. The predicted molar refractivity (Wildman–Crippen MR) is 61.2 cm³/mol. The first-order chi connectivity index (χ1) is 6.83. The molecule has 0 bridgehead atoms. The topological polar surface area (TPSA) is 20.2 Å². The molecule has 2 atom stereocenters. The van der Waals surface area contributed by atoms with Gasteiger partial charge in [0.05, 0.1) is 6.10 Å². The van der Waals surface area contributed by atoms with Crippen molar-refractivity contribution in [3.8, 4) is 0 Å². The Kier molecular flexibility index (Phi) is 5.93. The Morgan fingerprint density at radius 1 is 1.07 bits per heavy atom. The first-order valence-corrected chi connectivity index (χ1v) is 6.19. The summed E-state index contributed by atoms with van der Waals surface area (Å²) in [6.45, 7) is 2.25. The number of allylic oxidation sites excluding steroid dienone is 1. The number of hydrogen-bond acceptors (Lipinski definition) is 1. The summed E-state index contributed by atoms with van der Waals surface area (Å²) in [6, 6.07) is 0. The average molecular weight is 196 g/mol. The quantitative estimate of drug-likeness (QED) is 0.486. The van der Waals surface area contributed by atoms with Gasteiger partial charge in [-0.2, -0.15) is 0 Å². The van der Waals surface area contributed by atoms with E-state index in [9.17, 15) is 5.11 Å². The van der Waals surface area contributed by atoms with Crippen LogP contribution in [0.15, 0.2) is 12.2 Å². The summed E-state index contributed by atoms with van der Waals surface area (Å²) in [5.41, 5.74) is 0. The van der Waals surface area contributed by atoms with Crippen LogP contribution in [0, 0.1) is 5.92 Å². The molecular weight excluding hydrogens is 172 g/mol. The van der Waals surface area contributed by atoms with Gasteiger partial charge in [-0.25, -0.2) is 0 Å². The standard InChI is InChI=1S/C13H24O/c1-2-3-4-5-6-7-8-12-9-10-13(14)11-12/h9-10,12-14H,2-8,11H2,1H3/t12-,13-/m1/s1. The lowest BCUT2D eigenvalue weighted by molar-refractivity contribution is 0.207. The molecule has 1 N–H and O–H groups in total. The first kappa shape index (κ1) is 11.8. The van der Waals surface area contributed by atoms with Gasteiger partial charge in [0.15, 0.2) is 0 Å². The van der Waals surface area contributed by atoms with Gasteiger partial charge >= 0.3 is 0 Å². The lowest BCUT2D eigenvalue weighted by atomic mass is 9.99. The van der Waals surface area contributed by atoms with Crippen molar-refractivity contribution in [2.75, 3.05) is 0 Å². The Bertz CT molecular complexity index is 163. The van der Waals surface area contributed by atoms with Crippen LogP contribution in [0.4, 0.5) is 0 Å². The molecule has 0 unspecified atom stereocenters. The minimum absolute atomic E-state index is 0.153. The van der Waals surface area contributed by atoms with E-state index < -0.39 is 0 Å². The fraction of sp³-hybridized carbons (Fsp3) is 0.846. The zero-order chi connectivity index (χ0) is 10.2. The van der Waals surface area contributed by atoms with E-state index in [-0.39, 0.29) is 6.10 Å². The van der Waals surface area contributed by atoms with E-state index in [0.29, 0.717) is 5.92 Å². The van der Waals surface area contributed by atoms with Crippen molar-refractivity contribution in [2.45, 2.75) is 64.4 Å². The monoisotopic (exact) mass is 196 g/mol. The van der Waals surface area contributed by atoms with E-state index in [2.05, 4.69) is 13.0 Å². The molecule has 1 rings (SSSR count). The Morgan fingerprint density at radius 3 is 2.43 bits per heavy atom. The molecule has 1 nitrogen and oxygen atoms in total. The van der Waals surface area contributed by atoms with Gasteiger partial charge in [-0.15, -0.1) is 0 Å². The molecule has 1 heteroatoms. The molecule has 0 amide bonds. The third-order valence-electron chi connectivity index (χ3n) is 3.08. The summed E-state index contributed by atoms with van der Waals surface area (Å²) in [5, 5.41) is 9.29. The highest BCUT2D eigenvalue weighted by molar-refractivity contribution is 5.02. The van der Waals surface area contributed by atoms with Crippen LogP contribution in [-0.4, -0.2) is 11.2 Å². The number of aliphatic hydroxyl groups is 1. The van der Waals surface area contributed by atoms with E-state index in [0.717, 1.165) is 6.42 Å². The van der Waals surface area contributed by atoms with E-state index in [1.807, 2.05) is 6.08 Å². The minimum Gasteiger partial charge on any atom is -0.389 e. The van der Waals surface area contributed by atoms with Gasteiger partial charge in [0.25, 0.3) is 0 Å².